The van der Waals surface area contributed by atoms with E-state index in [-0.39, 0.29) is 11.8 Å². The third-order valence-electron chi connectivity index (χ3n) is 6.10. The molecule has 0 spiro atoms. The van der Waals surface area contributed by atoms with Crippen LogP contribution in [0.1, 0.15) is 30.9 Å². The van der Waals surface area contributed by atoms with Gasteiger partial charge in [-0.2, -0.15) is 9.78 Å². The number of carbonyl (C=O) groups is 2. The third kappa shape index (κ3) is 4.73. The first-order chi connectivity index (χ1) is 16.9. The Morgan fingerprint density at radius 2 is 1.66 bits per heavy atom. The van der Waals surface area contributed by atoms with Crippen molar-refractivity contribution in [2.45, 2.75) is 33.6 Å². The minimum absolute atomic E-state index is 0.0611. The van der Waals surface area contributed by atoms with E-state index in [0.29, 0.717) is 17.1 Å². The molecule has 5 rings (SSSR count). The van der Waals surface area contributed by atoms with Crippen LogP contribution in [0.3, 0.4) is 0 Å². The van der Waals surface area contributed by atoms with Gasteiger partial charge in [-0.05, 0) is 56.0 Å². The molecule has 1 aliphatic rings. The van der Waals surface area contributed by atoms with Crippen molar-refractivity contribution in [1.29, 1.82) is 0 Å². The standard InChI is InChI=1S/C29H27N3O3/c1-18-9-16-25(19(2)17-18)32-29(35-20(3)33)26(27(31-32)22-7-5-4-6-8-22)21-12-14-24(15-13-21)30-28(34)23-10-11-23/h4-9,12-17,23H,10-11H2,1-3H3,(H,30,34). The number of nitrogens with zero attached hydrogens (tertiary/aromatic N) is 2. The molecule has 1 fully saturated rings. The number of carbonyl (C=O) groups excluding carboxylic acids is 2. The molecule has 176 valence electrons. The molecule has 0 unspecified atom stereocenters. The normalized spacial score (nSPS) is 12.9. The van der Waals surface area contributed by atoms with Crippen molar-refractivity contribution in [3.8, 4) is 34.0 Å². The maximum absolute atomic E-state index is 12.2. The van der Waals surface area contributed by atoms with Gasteiger partial charge >= 0.3 is 5.97 Å². The summed E-state index contributed by atoms with van der Waals surface area (Å²) in [5, 5.41) is 7.92. The molecule has 0 radical (unpaired) electrons. The fraction of sp³-hybridized carbons (Fsp3) is 0.207. The zero-order valence-electron chi connectivity index (χ0n) is 20.0. The number of ether oxygens (including phenoxy) is 1. The summed E-state index contributed by atoms with van der Waals surface area (Å²) in [6, 6.07) is 23.5. The fourth-order valence-corrected chi connectivity index (χ4v) is 4.21. The number of benzene rings is 3. The molecule has 1 aliphatic carbocycles. The van der Waals surface area contributed by atoms with Crippen LogP contribution in [0.5, 0.6) is 5.88 Å². The predicted molar refractivity (Wildman–Crippen MR) is 137 cm³/mol. The molecule has 0 aliphatic heterocycles. The lowest BCUT2D eigenvalue weighted by molar-refractivity contribution is -0.132. The lowest BCUT2D eigenvalue weighted by Crippen LogP contribution is -2.13. The summed E-state index contributed by atoms with van der Waals surface area (Å²) in [4.78, 5) is 24.4. The number of amides is 1. The highest BCUT2D eigenvalue weighted by molar-refractivity contribution is 5.94. The van der Waals surface area contributed by atoms with Gasteiger partial charge in [-0.3, -0.25) is 9.59 Å². The van der Waals surface area contributed by atoms with Crippen LogP contribution in [0.15, 0.2) is 72.8 Å². The van der Waals surface area contributed by atoms with Gasteiger partial charge in [-0.1, -0.05) is 60.2 Å². The van der Waals surface area contributed by atoms with E-state index in [2.05, 4.69) is 11.4 Å². The molecule has 0 saturated heterocycles. The predicted octanol–water partition coefficient (Wildman–Crippen LogP) is 6.10. The molecular formula is C29H27N3O3. The smallest absolute Gasteiger partial charge is 0.309 e. The summed E-state index contributed by atoms with van der Waals surface area (Å²) in [5.41, 5.74) is 6.89. The van der Waals surface area contributed by atoms with Gasteiger partial charge in [0.05, 0.1) is 11.3 Å². The Balaban J connectivity index is 1.67. The van der Waals surface area contributed by atoms with E-state index < -0.39 is 5.97 Å². The van der Waals surface area contributed by atoms with Crippen LogP contribution < -0.4 is 10.1 Å². The van der Waals surface area contributed by atoms with E-state index in [0.717, 1.165) is 46.5 Å². The summed E-state index contributed by atoms with van der Waals surface area (Å²) in [6.45, 7) is 5.44. The van der Waals surface area contributed by atoms with Gasteiger partial charge in [0.1, 0.15) is 5.69 Å². The van der Waals surface area contributed by atoms with Crippen molar-refractivity contribution in [2.75, 3.05) is 5.32 Å². The average Bonchev–Trinajstić information content (AvgIpc) is 3.63. The summed E-state index contributed by atoms with van der Waals surface area (Å²) < 4.78 is 7.50. The highest BCUT2D eigenvalue weighted by Crippen LogP contribution is 2.41. The Morgan fingerprint density at radius 3 is 2.29 bits per heavy atom. The number of anilines is 1. The number of hydrogen-bond acceptors (Lipinski definition) is 4. The second-order valence-electron chi connectivity index (χ2n) is 9.03. The van der Waals surface area contributed by atoms with Gasteiger partial charge in [-0.25, -0.2) is 0 Å². The highest BCUT2D eigenvalue weighted by atomic mass is 16.5. The van der Waals surface area contributed by atoms with E-state index >= 15 is 0 Å². The zero-order valence-corrected chi connectivity index (χ0v) is 20.0. The van der Waals surface area contributed by atoms with Crippen LogP contribution in [-0.4, -0.2) is 21.7 Å². The molecule has 4 aromatic rings. The van der Waals surface area contributed by atoms with Gasteiger partial charge in [0.25, 0.3) is 0 Å². The maximum Gasteiger partial charge on any atom is 0.309 e. The first-order valence-corrected chi connectivity index (χ1v) is 11.8. The molecule has 6 heteroatoms. The quantitative estimate of drug-likeness (QED) is 0.349. The summed E-state index contributed by atoms with van der Waals surface area (Å²) in [5.74, 6) is 0.125. The molecule has 35 heavy (non-hydrogen) atoms. The Hall–Kier alpha value is -4.19. The molecule has 0 atom stereocenters. The van der Waals surface area contributed by atoms with Crippen molar-refractivity contribution >= 4 is 17.6 Å². The summed E-state index contributed by atoms with van der Waals surface area (Å²) in [6.07, 6.45) is 1.90. The van der Waals surface area contributed by atoms with Crippen LogP contribution in [0.4, 0.5) is 5.69 Å². The first kappa shape index (κ1) is 22.6. The van der Waals surface area contributed by atoms with E-state index in [1.54, 1.807) is 4.68 Å². The molecule has 3 aromatic carbocycles. The molecule has 1 amide bonds. The van der Waals surface area contributed by atoms with Crippen LogP contribution in [0.2, 0.25) is 0 Å². The summed E-state index contributed by atoms with van der Waals surface area (Å²) >= 11 is 0. The molecular weight excluding hydrogens is 438 g/mol. The lowest BCUT2D eigenvalue weighted by atomic mass is 10.0. The zero-order chi connectivity index (χ0) is 24.5. The van der Waals surface area contributed by atoms with Gasteiger partial charge in [-0.15, -0.1) is 0 Å². The highest BCUT2D eigenvalue weighted by Gasteiger charge is 2.30. The van der Waals surface area contributed by atoms with Crippen LogP contribution in [0, 0.1) is 19.8 Å². The summed E-state index contributed by atoms with van der Waals surface area (Å²) in [7, 11) is 0. The molecule has 0 bridgehead atoms. The Labute approximate surface area is 204 Å². The van der Waals surface area contributed by atoms with Crippen molar-refractivity contribution in [3.05, 3.63) is 83.9 Å². The second kappa shape index (κ2) is 9.22. The largest absolute Gasteiger partial charge is 0.407 e. The van der Waals surface area contributed by atoms with Crippen molar-refractivity contribution < 1.29 is 14.3 Å². The minimum atomic E-state index is -0.426. The second-order valence-corrected chi connectivity index (χ2v) is 9.03. The van der Waals surface area contributed by atoms with Gasteiger partial charge < -0.3 is 10.1 Å². The number of aryl methyl sites for hydroxylation is 2. The molecule has 1 N–H and O–H groups in total. The Bertz CT molecular complexity index is 1400. The number of esters is 1. The average molecular weight is 466 g/mol. The van der Waals surface area contributed by atoms with Crippen LogP contribution in [-0.2, 0) is 9.59 Å². The number of hydrogen-bond donors (Lipinski definition) is 1. The molecule has 1 aromatic heterocycles. The number of aromatic nitrogens is 2. The van der Waals surface area contributed by atoms with Gasteiger partial charge in [0.2, 0.25) is 11.8 Å². The molecule has 6 nitrogen and oxygen atoms in total. The lowest BCUT2D eigenvalue weighted by Gasteiger charge is -2.12. The minimum Gasteiger partial charge on any atom is -0.407 e. The Kier molecular flexibility index (Phi) is 5.95. The van der Waals surface area contributed by atoms with Gasteiger partial charge in [0, 0.05) is 24.1 Å². The van der Waals surface area contributed by atoms with E-state index in [9.17, 15) is 9.59 Å². The number of rotatable bonds is 6. The van der Waals surface area contributed by atoms with Crippen molar-refractivity contribution in [2.24, 2.45) is 5.92 Å². The fourth-order valence-electron chi connectivity index (χ4n) is 4.21. The van der Waals surface area contributed by atoms with E-state index in [4.69, 9.17) is 9.84 Å². The molecule has 1 saturated carbocycles. The van der Waals surface area contributed by atoms with Crippen LogP contribution in [0.25, 0.3) is 28.1 Å². The van der Waals surface area contributed by atoms with Crippen molar-refractivity contribution in [1.82, 2.24) is 9.78 Å². The third-order valence-corrected chi connectivity index (χ3v) is 6.10. The SMILES string of the molecule is CC(=O)Oc1c(-c2ccc(NC(=O)C3CC3)cc2)c(-c2ccccc2)nn1-c1ccc(C)cc1C. The van der Waals surface area contributed by atoms with E-state index in [1.165, 1.54) is 6.92 Å². The van der Waals surface area contributed by atoms with Gasteiger partial charge in [0.15, 0.2) is 0 Å². The monoisotopic (exact) mass is 465 g/mol. The topological polar surface area (TPSA) is 73.2 Å². The first-order valence-electron chi connectivity index (χ1n) is 11.8. The maximum atomic E-state index is 12.2. The van der Waals surface area contributed by atoms with Crippen LogP contribution >= 0.6 is 0 Å². The molecule has 1 heterocycles. The van der Waals surface area contributed by atoms with Crippen molar-refractivity contribution in [3.63, 3.8) is 0 Å². The Morgan fingerprint density at radius 1 is 0.943 bits per heavy atom. The van der Waals surface area contributed by atoms with E-state index in [1.807, 2.05) is 80.6 Å². The number of nitrogens with one attached hydrogen (secondary N) is 1.